The van der Waals surface area contributed by atoms with Crippen molar-refractivity contribution in [3.8, 4) is 0 Å². The molecule has 0 amide bonds. The molecule has 0 aliphatic carbocycles. The van der Waals surface area contributed by atoms with Gasteiger partial charge in [0.05, 0.1) is 11.0 Å². The summed E-state index contributed by atoms with van der Waals surface area (Å²) in [6, 6.07) is 4.99. The smallest absolute Gasteiger partial charge is 0.292 e. The van der Waals surface area contributed by atoms with Crippen molar-refractivity contribution >= 4 is 22.7 Å². The molecule has 0 saturated carbocycles. The van der Waals surface area contributed by atoms with Crippen LogP contribution in [0.4, 0.5) is 11.4 Å². The van der Waals surface area contributed by atoms with Gasteiger partial charge in [-0.2, -0.15) is 0 Å². The van der Waals surface area contributed by atoms with E-state index >= 15 is 0 Å². The Morgan fingerprint density at radius 1 is 1.42 bits per heavy atom. The fourth-order valence-electron chi connectivity index (χ4n) is 1.79. The second kappa shape index (κ2) is 5.36. The Labute approximate surface area is 115 Å². The van der Waals surface area contributed by atoms with E-state index in [0.29, 0.717) is 5.69 Å². The van der Waals surface area contributed by atoms with Crippen LogP contribution in [0.5, 0.6) is 0 Å². The highest BCUT2D eigenvalue weighted by atomic mass is 32.1. The number of thiazole rings is 1. The zero-order valence-electron chi connectivity index (χ0n) is 11.0. The average Bonchev–Trinajstić information content (AvgIpc) is 2.75. The number of nitrogens with zero attached hydrogens (tertiary/aromatic N) is 2. The van der Waals surface area contributed by atoms with Crippen molar-refractivity contribution in [2.24, 2.45) is 0 Å². The van der Waals surface area contributed by atoms with Gasteiger partial charge in [0, 0.05) is 17.1 Å². The number of aromatic nitrogens is 1. The Hall–Kier alpha value is -1.95. The van der Waals surface area contributed by atoms with Crippen LogP contribution >= 0.6 is 11.3 Å². The summed E-state index contributed by atoms with van der Waals surface area (Å²) < 4.78 is 0. The Balaban J connectivity index is 2.27. The van der Waals surface area contributed by atoms with Crippen LogP contribution in [0.25, 0.3) is 0 Å². The minimum atomic E-state index is -0.373. The molecule has 1 aromatic carbocycles. The molecule has 0 fully saturated rings. The van der Waals surface area contributed by atoms with Crippen molar-refractivity contribution in [1.29, 1.82) is 0 Å². The van der Waals surface area contributed by atoms with Gasteiger partial charge in [0.25, 0.3) is 5.69 Å². The molecule has 0 aliphatic heterocycles. The van der Waals surface area contributed by atoms with Crippen LogP contribution in [0.1, 0.15) is 28.4 Å². The third-order valence-electron chi connectivity index (χ3n) is 2.73. The second-order valence-corrected chi connectivity index (χ2v) is 5.72. The van der Waals surface area contributed by atoms with Crippen LogP contribution in [-0.4, -0.2) is 9.91 Å². The summed E-state index contributed by atoms with van der Waals surface area (Å²) in [5.41, 5.74) is 1.60. The molecule has 2 rings (SSSR count). The topological polar surface area (TPSA) is 68.1 Å². The Morgan fingerprint density at radius 2 is 2.16 bits per heavy atom. The van der Waals surface area contributed by atoms with Gasteiger partial charge in [-0.25, -0.2) is 4.98 Å². The van der Waals surface area contributed by atoms with E-state index in [2.05, 4.69) is 10.3 Å². The van der Waals surface area contributed by atoms with Crippen molar-refractivity contribution in [3.63, 3.8) is 0 Å². The maximum absolute atomic E-state index is 11.0. The minimum Gasteiger partial charge on any atom is -0.371 e. The minimum absolute atomic E-state index is 0.0563. The molecule has 1 unspecified atom stereocenters. The molecule has 5 nitrogen and oxygen atoms in total. The number of benzene rings is 1. The Morgan fingerprint density at radius 3 is 2.74 bits per heavy atom. The second-order valence-electron chi connectivity index (χ2n) is 4.45. The molecular formula is C13H15N3O2S. The molecule has 6 heteroatoms. The van der Waals surface area contributed by atoms with Gasteiger partial charge in [-0.3, -0.25) is 10.1 Å². The molecule has 1 N–H and O–H groups in total. The number of hydrogen-bond acceptors (Lipinski definition) is 5. The Kier molecular flexibility index (Phi) is 3.80. The van der Waals surface area contributed by atoms with Gasteiger partial charge in [-0.1, -0.05) is 6.07 Å². The maximum atomic E-state index is 11.0. The van der Waals surface area contributed by atoms with Crippen molar-refractivity contribution < 1.29 is 4.92 Å². The summed E-state index contributed by atoms with van der Waals surface area (Å²) in [6.07, 6.45) is 1.81. The highest BCUT2D eigenvalue weighted by Gasteiger charge is 2.17. The van der Waals surface area contributed by atoms with Crippen LogP contribution in [-0.2, 0) is 0 Å². The summed E-state index contributed by atoms with van der Waals surface area (Å²) in [5.74, 6) is 0. The third-order valence-corrected chi connectivity index (χ3v) is 3.83. The van der Waals surface area contributed by atoms with E-state index < -0.39 is 0 Å². The van der Waals surface area contributed by atoms with Crippen molar-refractivity contribution in [2.45, 2.75) is 26.8 Å². The van der Waals surface area contributed by atoms with Gasteiger partial charge in [0.1, 0.15) is 10.7 Å². The molecule has 0 spiro atoms. The summed E-state index contributed by atoms with van der Waals surface area (Å²) in [6.45, 7) is 5.85. The molecule has 0 radical (unpaired) electrons. The average molecular weight is 277 g/mol. The van der Waals surface area contributed by atoms with E-state index in [1.807, 2.05) is 27.0 Å². The van der Waals surface area contributed by atoms with E-state index in [4.69, 9.17) is 0 Å². The van der Waals surface area contributed by atoms with Crippen LogP contribution in [0.15, 0.2) is 24.4 Å². The Bertz CT molecular complexity index is 610. The highest BCUT2D eigenvalue weighted by molar-refractivity contribution is 7.11. The van der Waals surface area contributed by atoms with Crippen LogP contribution in [0.3, 0.4) is 0 Å². The molecular weight excluding hydrogens is 262 g/mol. The van der Waals surface area contributed by atoms with Crippen LogP contribution in [0.2, 0.25) is 0 Å². The molecule has 1 aromatic heterocycles. The SMILES string of the molecule is Cc1ccc([N+](=O)[O-])c(NC(C)c2ncc(C)s2)c1. The van der Waals surface area contributed by atoms with Crippen LogP contribution < -0.4 is 5.32 Å². The molecule has 0 aliphatic rings. The zero-order valence-corrected chi connectivity index (χ0v) is 11.8. The first-order valence-electron chi connectivity index (χ1n) is 5.91. The van der Waals surface area contributed by atoms with Gasteiger partial charge in [0.15, 0.2) is 0 Å². The largest absolute Gasteiger partial charge is 0.371 e. The maximum Gasteiger partial charge on any atom is 0.292 e. The van der Waals surface area contributed by atoms with E-state index in [1.165, 1.54) is 6.07 Å². The van der Waals surface area contributed by atoms with Gasteiger partial charge in [0.2, 0.25) is 0 Å². The van der Waals surface area contributed by atoms with E-state index in [9.17, 15) is 10.1 Å². The number of anilines is 1. The lowest BCUT2D eigenvalue weighted by Crippen LogP contribution is -2.08. The molecule has 1 atom stereocenters. The third kappa shape index (κ3) is 3.08. The predicted molar refractivity (Wildman–Crippen MR) is 76.7 cm³/mol. The van der Waals surface area contributed by atoms with E-state index in [0.717, 1.165) is 15.4 Å². The molecule has 0 bridgehead atoms. The van der Waals surface area contributed by atoms with Crippen molar-refractivity contribution in [3.05, 3.63) is 50.0 Å². The number of nitrogens with one attached hydrogen (secondary N) is 1. The standard InChI is InChI=1S/C13H15N3O2S/c1-8-4-5-12(16(17)18)11(6-8)15-10(3)13-14-7-9(2)19-13/h4-7,10,15H,1-3H3. The quantitative estimate of drug-likeness (QED) is 0.681. The lowest BCUT2D eigenvalue weighted by molar-refractivity contribution is -0.384. The van der Waals surface area contributed by atoms with Crippen molar-refractivity contribution in [1.82, 2.24) is 4.98 Å². The summed E-state index contributed by atoms with van der Waals surface area (Å²) in [7, 11) is 0. The number of rotatable bonds is 4. The molecule has 19 heavy (non-hydrogen) atoms. The lowest BCUT2D eigenvalue weighted by atomic mass is 10.2. The molecule has 2 aromatic rings. The van der Waals surface area contributed by atoms with Crippen molar-refractivity contribution in [2.75, 3.05) is 5.32 Å². The summed E-state index contributed by atoms with van der Waals surface area (Å²) in [5, 5.41) is 15.1. The first-order valence-corrected chi connectivity index (χ1v) is 6.73. The van der Waals surface area contributed by atoms with Gasteiger partial charge < -0.3 is 5.32 Å². The monoisotopic (exact) mass is 277 g/mol. The predicted octanol–water partition coefficient (Wildman–Crippen LogP) is 3.84. The van der Waals surface area contributed by atoms with Gasteiger partial charge in [-0.15, -0.1) is 11.3 Å². The summed E-state index contributed by atoms with van der Waals surface area (Å²) >= 11 is 1.59. The first kappa shape index (κ1) is 13.5. The molecule has 0 saturated heterocycles. The van der Waals surface area contributed by atoms with Gasteiger partial charge in [-0.05, 0) is 32.4 Å². The van der Waals surface area contributed by atoms with E-state index in [-0.39, 0.29) is 16.7 Å². The fraction of sp³-hybridized carbons (Fsp3) is 0.308. The molecule has 1 heterocycles. The highest BCUT2D eigenvalue weighted by Crippen LogP contribution is 2.30. The zero-order chi connectivity index (χ0) is 14.0. The molecule has 100 valence electrons. The lowest BCUT2D eigenvalue weighted by Gasteiger charge is -2.13. The summed E-state index contributed by atoms with van der Waals surface area (Å²) in [4.78, 5) is 16.1. The van der Waals surface area contributed by atoms with E-state index in [1.54, 1.807) is 23.5 Å². The normalized spacial score (nSPS) is 12.2. The van der Waals surface area contributed by atoms with Gasteiger partial charge >= 0.3 is 0 Å². The fourth-order valence-corrected chi connectivity index (χ4v) is 2.57. The van der Waals surface area contributed by atoms with Crippen LogP contribution in [0, 0.1) is 24.0 Å². The first-order chi connectivity index (χ1) is 8.97. The number of hydrogen-bond donors (Lipinski definition) is 1. The number of nitro benzene ring substituents is 1. The number of nitro groups is 1. The number of aryl methyl sites for hydroxylation is 2.